The monoisotopic (exact) mass is 426 g/mol. The van der Waals surface area contributed by atoms with Gasteiger partial charge in [0.05, 0.1) is 12.9 Å². The average Bonchev–Trinajstić information content (AvgIpc) is 3.07. The van der Waals surface area contributed by atoms with E-state index in [2.05, 4.69) is 15.5 Å². The number of nitrogens with one attached hydrogen (secondary N) is 1. The Labute approximate surface area is 180 Å². The zero-order valence-electron chi connectivity index (χ0n) is 17.9. The van der Waals surface area contributed by atoms with Crippen LogP contribution >= 0.6 is 11.8 Å². The summed E-state index contributed by atoms with van der Waals surface area (Å²) in [5, 5.41) is 12.0. The van der Waals surface area contributed by atoms with E-state index < -0.39 is 0 Å². The van der Waals surface area contributed by atoms with Gasteiger partial charge in [-0.1, -0.05) is 36.0 Å². The van der Waals surface area contributed by atoms with Gasteiger partial charge in [-0.25, -0.2) is 0 Å². The van der Waals surface area contributed by atoms with Gasteiger partial charge in [-0.15, -0.1) is 10.2 Å². The van der Waals surface area contributed by atoms with E-state index in [1.54, 1.807) is 7.11 Å². The topological polar surface area (TPSA) is 78.3 Å². The van der Waals surface area contributed by atoms with Crippen LogP contribution in [-0.2, 0) is 18.4 Å². The van der Waals surface area contributed by atoms with Crippen molar-refractivity contribution in [3.05, 3.63) is 58.9 Å². The number of hydrogen-bond acceptors (Lipinski definition) is 6. The van der Waals surface area contributed by atoms with Crippen LogP contribution in [0.15, 0.2) is 41.6 Å². The summed E-state index contributed by atoms with van der Waals surface area (Å²) in [6.07, 6.45) is 0. The van der Waals surface area contributed by atoms with Gasteiger partial charge in [-0.05, 0) is 49.6 Å². The van der Waals surface area contributed by atoms with Crippen molar-refractivity contribution in [2.75, 3.05) is 18.2 Å². The molecule has 0 unspecified atom stereocenters. The van der Waals surface area contributed by atoms with Crippen LogP contribution in [0.5, 0.6) is 11.5 Å². The molecule has 0 aliphatic heterocycles. The molecule has 30 heavy (non-hydrogen) atoms. The highest BCUT2D eigenvalue weighted by Crippen LogP contribution is 2.28. The van der Waals surface area contributed by atoms with Crippen molar-refractivity contribution in [1.29, 1.82) is 0 Å². The summed E-state index contributed by atoms with van der Waals surface area (Å²) in [7, 11) is 3.47. The number of thioether (sulfide) groups is 1. The van der Waals surface area contributed by atoms with Crippen molar-refractivity contribution in [2.45, 2.75) is 32.5 Å². The Morgan fingerprint density at radius 2 is 1.83 bits per heavy atom. The number of ether oxygens (including phenoxy) is 2. The third-order valence-corrected chi connectivity index (χ3v) is 5.70. The number of methoxy groups -OCH3 is 1. The lowest BCUT2D eigenvalue weighted by Crippen LogP contribution is -2.16. The molecule has 7 nitrogen and oxygen atoms in total. The minimum atomic E-state index is -0.0809. The van der Waals surface area contributed by atoms with Crippen LogP contribution in [0.4, 0.5) is 5.69 Å². The molecule has 1 heterocycles. The summed E-state index contributed by atoms with van der Waals surface area (Å²) >= 11 is 1.34. The number of aryl methyl sites for hydroxylation is 3. The van der Waals surface area contributed by atoms with Gasteiger partial charge in [0.25, 0.3) is 0 Å². The van der Waals surface area contributed by atoms with E-state index in [-0.39, 0.29) is 18.3 Å². The predicted molar refractivity (Wildman–Crippen MR) is 118 cm³/mol. The number of aromatic nitrogens is 3. The fourth-order valence-electron chi connectivity index (χ4n) is 2.95. The molecule has 0 fully saturated rings. The zero-order valence-corrected chi connectivity index (χ0v) is 18.7. The van der Waals surface area contributed by atoms with Gasteiger partial charge in [0, 0.05) is 12.7 Å². The summed E-state index contributed by atoms with van der Waals surface area (Å²) in [5.74, 6) is 2.15. The number of amides is 1. The lowest BCUT2D eigenvalue weighted by molar-refractivity contribution is -0.113. The fourth-order valence-corrected chi connectivity index (χ4v) is 3.68. The number of benzene rings is 2. The van der Waals surface area contributed by atoms with Crippen LogP contribution < -0.4 is 14.8 Å². The molecular weight excluding hydrogens is 400 g/mol. The Kier molecular flexibility index (Phi) is 6.99. The summed E-state index contributed by atoms with van der Waals surface area (Å²) in [5.41, 5.74) is 4.04. The number of nitrogens with zero attached hydrogens (tertiary/aromatic N) is 3. The van der Waals surface area contributed by atoms with Crippen molar-refractivity contribution >= 4 is 23.4 Å². The van der Waals surface area contributed by atoms with Crippen LogP contribution in [-0.4, -0.2) is 33.5 Å². The molecule has 0 saturated carbocycles. The molecule has 158 valence electrons. The molecule has 1 N–H and O–H groups in total. The lowest BCUT2D eigenvalue weighted by atomic mass is 10.1. The Bertz CT molecular complexity index is 1030. The normalized spacial score (nSPS) is 10.7. The van der Waals surface area contributed by atoms with Crippen LogP contribution in [0.1, 0.15) is 22.5 Å². The molecule has 1 aromatic heterocycles. The van der Waals surface area contributed by atoms with Crippen LogP contribution in [0.2, 0.25) is 0 Å². The van der Waals surface area contributed by atoms with Gasteiger partial charge < -0.3 is 19.4 Å². The maximum absolute atomic E-state index is 12.4. The van der Waals surface area contributed by atoms with E-state index in [1.807, 2.05) is 68.8 Å². The number of carbonyl (C=O) groups excluding carboxylic acids is 1. The maximum atomic E-state index is 12.4. The molecule has 2 aromatic carbocycles. The Hall–Kier alpha value is -3.00. The fraction of sp³-hybridized carbons (Fsp3) is 0.318. The third-order valence-electron chi connectivity index (χ3n) is 4.68. The second-order valence-electron chi connectivity index (χ2n) is 7.00. The molecule has 1 amide bonds. The van der Waals surface area contributed by atoms with Gasteiger partial charge in [0.1, 0.15) is 6.61 Å². The van der Waals surface area contributed by atoms with Gasteiger partial charge >= 0.3 is 0 Å². The first-order chi connectivity index (χ1) is 14.4. The molecule has 0 aliphatic rings. The molecule has 0 aliphatic carbocycles. The Morgan fingerprint density at radius 1 is 1.10 bits per heavy atom. The van der Waals surface area contributed by atoms with E-state index in [1.165, 1.54) is 11.8 Å². The highest BCUT2D eigenvalue weighted by molar-refractivity contribution is 7.99. The van der Waals surface area contributed by atoms with E-state index in [4.69, 9.17) is 9.47 Å². The summed E-state index contributed by atoms with van der Waals surface area (Å²) in [6, 6.07) is 11.7. The Balaban J connectivity index is 1.58. The molecule has 0 spiro atoms. The molecule has 8 heteroatoms. The lowest BCUT2D eigenvalue weighted by Gasteiger charge is -2.12. The second kappa shape index (κ2) is 9.67. The molecule has 0 atom stereocenters. The molecule has 0 bridgehead atoms. The minimum Gasteiger partial charge on any atom is -0.493 e. The van der Waals surface area contributed by atoms with E-state index >= 15 is 0 Å². The summed E-state index contributed by atoms with van der Waals surface area (Å²) in [6.45, 7) is 6.20. The van der Waals surface area contributed by atoms with Crippen molar-refractivity contribution in [1.82, 2.24) is 14.8 Å². The highest BCUT2D eigenvalue weighted by Gasteiger charge is 2.14. The number of carbonyl (C=O) groups is 1. The van der Waals surface area contributed by atoms with Gasteiger partial charge in [-0.3, -0.25) is 4.79 Å². The Morgan fingerprint density at radius 3 is 2.53 bits per heavy atom. The molecule has 3 rings (SSSR count). The molecular formula is C22H26N4O3S. The maximum Gasteiger partial charge on any atom is 0.234 e. The molecule has 0 saturated heterocycles. The largest absolute Gasteiger partial charge is 0.493 e. The van der Waals surface area contributed by atoms with E-state index in [9.17, 15) is 4.79 Å². The number of anilines is 1. The standard InChI is InChI=1S/C22H26N4O3S/c1-14-9-10-17(18(11-14)28-5)29-12-19-24-25-22(26(19)4)30-13-20(27)23-21-15(2)7-6-8-16(21)3/h6-11H,12-13H2,1-5H3,(H,23,27). The summed E-state index contributed by atoms with van der Waals surface area (Å²) < 4.78 is 13.1. The zero-order chi connectivity index (χ0) is 21.7. The smallest absolute Gasteiger partial charge is 0.234 e. The van der Waals surface area contributed by atoms with Gasteiger partial charge in [0.15, 0.2) is 22.5 Å². The SMILES string of the molecule is COc1cc(C)ccc1OCc1nnc(SCC(=O)Nc2c(C)cccc2C)n1C. The third kappa shape index (κ3) is 5.13. The quantitative estimate of drug-likeness (QED) is 0.548. The van der Waals surface area contributed by atoms with Gasteiger partial charge in [-0.2, -0.15) is 0 Å². The number of para-hydroxylation sites is 1. The number of rotatable bonds is 8. The molecule has 3 aromatic rings. The van der Waals surface area contributed by atoms with E-state index in [0.717, 1.165) is 22.4 Å². The van der Waals surface area contributed by atoms with Crippen molar-refractivity contribution < 1.29 is 14.3 Å². The predicted octanol–water partition coefficient (Wildman–Crippen LogP) is 4.06. The average molecular weight is 427 g/mol. The van der Waals surface area contributed by atoms with Crippen molar-refractivity contribution in [2.24, 2.45) is 7.05 Å². The summed E-state index contributed by atoms with van der Waals surface area (Å²) in [4.78, 5) is 12.4. The first-order valence-electron chi connectivity index (χ1n) is 9.53. The minimum absolute atomic E-state index is 0.0809. The molecule has 0 radical (unpaired) electrons. The first-order valence-corrected chi connectivity index (χ1v) is 10.5. The highest BCUT2D eigenvalue weighted by atomic mass is 32.2. The van der Waals surface area contributed by atoms with Crippen molar-refractivity contribution in [3.8, 4) is 11.5 Å². The van der Waals surface area contributed by atoms with Gasteiger partial charge in [0.2, 0.25) is 5.91 Å². The van der Waals surface area contributed by atoms with Crippen LogP contribution in [0.25, 0.3) is 0 Å². The van der Waals surface area contributed by atoms with Crippen LogP contribution in [0.3, 0.4) is 0 Å². The van der Waals surface area contributed by atoms with E-state index in [0.29, 0.717) is 22.5 Å². The number of hydrogen-bond donors (Lipinski definition) is 1. The first kappa shape index (κ1) is 21.7. The van der Waals surface area contributed by atoms with Crippen LogP contribution in [0, 0.1) is 20.8 Å². The second-order valence-corrected chi connectivity index (χ2v) is 7.95. The van der Waals surface area contributed by atoms with Crippen molar-refractivity contribution in [3.63, 3.8) is 0 Å².